The average Bonchev–Trinajstić information content (AvgIpc) is 2.31. The molecule has 0 saturated heterocycles. The van der Waals surface area contributed by atoms with Crippen LogP contribution < -0.4 is 15.4 Å². The zero-order chi connectivity index (χ0) is 13.5. The minimum Gasteiger partial charge on any atom is -0.506 e. The summed E-state index contributed by atoms with van der Waals surface area (Å²) in [7, 11) is 1.52. The van der Waals surface area contributed by atoms with E-state index >= 15 is 0 Å². The second-order valence-electron chi connectivity index (χ2n) is 4.09. The molecule has 3 N–H and O–H groups in total. The van der Waals surface area contributed by atoms with E-state index in [0.29, 0.717) is 17.9 Å². The molecule has 0 aliphatic heterocycles. The second kappa shape index (κ2) is 6.86. The number of anilines is 1. The summed E-state index contributed by atoms with van der Waals surface area (Å²) in [5.74, 6) is 0.411. The van der Waals surface area contributed by atoms with Crippen molar-refractivity contribution in [2.75, 3.05) is 19.0 Å². The Balaban J connectivity index is 2.59. The van der Waals surface area contributed by atoms with Crippen molar-refractivity contribution < 1.29 is 14.6 Å². The lowest BCUT2D eigenvalue weighted by molar-refractivity contribution is -0.116. The Bertz CT molecular complexity index is 407. The summed E-state index contributed by atoms with van der Waals surface area (Å²) in [6, 6.07) is 4.87. The molecule has 0 fully saturated rings. The van der Waals surface area contributed by atoms with E-state index in [1.165, 1.54) is 13.2 Å². The van der Waals surface area contributed by atoms with Crippen molar-refractivity contribution in [1.82, 2.24) is 5.32 Å². The van der Waals surface area contributed by atoms with E-state index in [2.05, 4.69) is 10.6 Å². The van der Waals surface area contributed by atoms with E-state index in [9.17, 15) is 9.90 Å². The van der Waals surface area contributed by atoms with Crippen molar-refractivity contribution in [3.63, 3.8) is 0 Å². The molecular formula is C13H20N2O3. The number of carbonyl (C=O) groups excluding carboxylic acids is 1. The molecule has 0 aliphatic carbocycles. The highest BCUT2D eigenvalue weighted by molar-refractivity contribution is 5.92. The Kier molecular flexibility index (Phi) is 5.45. The first-order valence-corrected chi connectivity index (χ1v) is 5.97. The minimum atomic E-state index is -0.135. The molecule has 1 aromatic carbocycles. The van der Waals surface area contributed by atoms with Crippen molar-refractivity contribution in [3.8, 4) is 11.5 Å². The van der Waals surface area contributed by atoms with Crippen molar-refractivity contribution in [2.24, 2.45) is 0 Å². The number of nitrogens with one attached hydrogen (secondary N) is 2. The monoisotopic (exact) mass is 252 g/mol. The van der Waals surface area contributed by atoms with Gasteiger partial charge in [0.15, 0.2) is 0 Å². The number of benzene rings is 1. The number of methoxy groups -OCH3 is 1. The van der Waals surface area contributed by atoms with Gasteiger partial charge in [0.2, 0.25) is 5.91 Å². The third-order valence-electron chi connectivity index (χ3n) is 2.52. The third kappa shape index (κ3) is 4.25. The second-order valence-corrected chi connectivity index (χ2v) is 4.09. The molecule has 5 nitrogen and oxygen atoms in total. The lowest BCUT2D eigenvalue weighted by Gasteiger charge is -2.13. The molecule has 0 radical (unpaired) electrons. The van der Waals surface area contributed by atoms with Crippen LogP contribution in [0.15, 0.2) is 18.2 Å². The minimum absolute atomic E-state index is 0.00111. The predicted molar refractivity (Wildman–Crippen MR) is 71.0 cm³/mol. The van der Waals surface area contributed by atoms with E-state index in [1.54, 1.807) is 12.1 Å². The highest BCUT2D eigenvalue weighted by Crippen LogP contribution is 2.27. The molecule has 5 heteroatoms. The first kappa shape index (κ1) is 14.3. The topological polar surface area (TPSA) is 70.6 Å². The maximum absolute atomic E-state index is 11.7. The van der Waals surface area contributed by atoms with Gasteiger partial charge in [0.05, 0.1) is 12.8 Å². The van der Waals surface area contributed by atoms with Crippen molar-refractivity contribution in [2.45, 2.75) is 26.3 Å². The Hall–Kier alpha value is -1.75. The van der Waals surface area contributed by atoms with Crippen molar-refractivity contribution in [3.05, 3.63) is 18.2 Å². The quantitative estimate of drug-likeness (QED) is 0.674. The summed E-state index contributed by atoms with van der Waals surface area (Å²) < 4.78 is 4.97. The maximum atomic E-state index is 11.7. The van der Waals surface area contributed by atoms with Crippen LogP contribution in [0.1, 0.15) is 20.3 Å². The van der Waals surface area contributed by atoms with Crippen LogP contribution in [0.5, 0.6) is 11.5 Å². The van der Waals surface area contributed by atoms with Gasteiger partial charge in [0.25, 0.3) is 0 Å². The van der Waals surface area contributed by atoms with E-state index in [-0.39, 0.29) is 17.7 Å². The average molecular weight is 252 g/mol. The van der Waals surface area contributed by atoms with Crippen LogP contribution in [-0.4, -0.2) is 30.7 Å². The Morgan fingerprint density at radius 2 is 2.22 bits per heavy atom. The van der Waals surface area contributed by atoms with E-state index < -0.39 is 0 Å². The first-order valence-electron chi connectivity index (χ1n) is 5.97. The zero-order valence-corrected chi connectivity index (χ0v) is 11.0. The molecule has 1 amide bonds. The van der Waals surface area contributed by atoms with Crippen LogP contribution in [0.3, 0.4) is 0 Å². The Morgan fingerprint density at radius 3 is 2.78 bits per heavy atom. The molecule has 0 aliphatic rings. The van der Waals surface area contributed by atoms with Gasteiger partial charge in [-0.1, -0.05) is 6.92 Å². The standard InChI is InChI=1S/C13H20N2O3/c1-4-14-9(2)7-13(17)15-11-6-5-10(18-3)8-12(11)16/h5-6,8-9,14,16H,4,7H2,1-3H3,(H,15,17). The van der Waals surface area contributed by atoms with Gasteiger partial charge in [0, 0.05) is 18.5 Å². The molecule has 1 unspecified atom stereocenters. The normalized spacial score (nSPS) is 11.9. The van der Waals surface area contributed by atoms with Gasteiger partial charge in [-0.05, 0) is 25.6 Å². The SMILES string of the molecule is CCNC(C)CC(=O)Nc1ccc(OC)cc1O. The van der Waals surface area contributed by atoms with Gasteiger partial charge in [-0.3, -0.25) is 4.79 Å². The highest BCUT2D eigenvalue weighted by atomic mass is 16.5. The summed E-state index contributed by atoms with van der Waals surface area (Å²) in [4.78, 5) is 11.7. The van der Waals surface area contributed by atoms with Gasteiger partial charge in [0.1, 0.15) is 11.5 Å². The number of hydrogen-bond donors (Lipinski definition) is 3. The fraction of sp³-hybridized carbons (Fsp3) is 0.462. The zero-order valence-electron chi connectivity index (χ0n) is 11.0. The number of phenolic OH excluding ortho intramolecular Hbond substituents is 1. The molecule has 18 heavy (non-hydrogen) atoms. The molecular weight excluding hydrogens is 232 g/mol. The van der Waals surface area contributed by atoms with Gasteiger partial charge in [-0.25, -0.2) is 0 Å². The van der Waals surface area contributed by atoms with E-state index in [1.807, 2.05) is 13.8 Å². The molecule has 1 atom stereocenters. The lowest BCUT2D eigenvalue weighted by Crippen LogP contribution is -2.30. The summed E-state index contributed by atoms with van der Waals surface area (Å²) in [6.07, 6.45) is 0.360. The van der Waals surface area contributed by atoms with Crippen molar-refractivity contribution in [1.29, 1.82) is 0 Å². The van der Waals surface area contributed by atoms with Crippen LogP contribution >= 0.6 is 0 Å². The summed E-state index contributed by atoms with van der Waals surface area (Å²) >= 11 is 0. The van der Waals surface area contributed by atoms with Crippen molar-refractivity contribution >= 4 is 11.6 Å². The maximum Gasteiger partial charge on any atom is 0.226 e. The Morgan fingerprint density at radius 1 is 1.50 bits per heavy atom. The van der Waals surface area contributed by atoms with Crippen LogP contribution in [-0.2, 0) is 4.79 Å². The summed E-state index contributed by atoms with van der Waals surface area (Å²) in [5, 5.41) is 15.5. The molecule has 100 valence electrons. The van der Waals surface area contributed by atoms with Crippen LogP contribution in [0.25, 0.3) is 0 Å². The number of phenols is 1. The summed E-state index contributed by atoms with van der Waals surface area (Å²) in [5.41, 5.74) is 0.393. The van der Waals surface area contributed by atoms with Gasteiger partial charge >= 0.3 is 0 Å². The molecule has 0 aromatic heterocycles. The van der Waals surface area contributed by atoms with Crippen LogP contribution in [0.2, 0.25) is 0 Å². The molecule has 0 saturated carbocycles. The largest absolute Gasteiger partial charge is 0.506 e. The number of aromatic hydroxyl groups is 1. The van der Waals surface area contributed by atoms with Gasteiger partial charge in [-0.15, -0.1) is 0 Å². The van der Waals surface area contributed by atoms with E-state index in [0.717, 1.165) is 6.54 Å². The first-order chi connectivity index (χ1) is 8.56. The fourth-order valence-electron chi connectivity index (χ4n) is 1.64. The predicted octanol–water partition coefficient (Wildman–Crippen LogP) is 1.73. The fourth-order valence-corrected chi connectivity index (χ4v) is 1.64. The third-order valence-corrected chi connectivity index (χ3v) is 2.52. The summed E-state index contributed by atoms with van der Waals surface area (Å²) in [6.45, 7) is 4.75. The number of ether oxygens (including phenoxy) is 1. The number of hydrogen-bond acceptors (Lipinski definition) is 4. The number of carbonyl (C=O) groups is 1. The molecule has 1 rings (SSSR count). The molecule has 0 spiro atoms. The number of amides is 1. The van der Waals surface area contributed by atoms with Crippen LogP contribution in [0.4, 0.5) is 5.69 Å². The smallest absolute Gasteiger partial charge is 0.226 e. The molecule has 0 bridgehead atoms. The van der Waals surface area contributed by atoms with Crippen LogP contribution in [0, 0.1) is 0 Å². The van der Waals surface area contributed by atoms with Gasteiger partial charge in [-0.2, -0.15) is 0 Å². The highest BCUT2D eigenvalue weighted by Gasteiger charge is 2.10. The van der Waals surface area contributed by atoms with E-state index in [4.69, 9.17) is 4.74 Å². The lowest BCUT2D eigenvalue weighted by atomic mass is 10.2. The molecule has 1 aromatic rings. The Labute approximate surface area is 107 Å². The number of rotatable bonds is 6. The molecule has 0 heterocycles. The van der Waals surface area contributed by atoms with Gasteiger partial charge < -0.3 is 20.5 Å².